The number of halogens is 2. The number of aryl methyl sites for hydroxylation is 2. The zero-order chi connectivity index (χ0) is 25.9. The average molecular weight is 527 g/mol. The van der Waals surface area contributed by atoms with E-state index in [1.165, 1.54) is 5.56 Å². The number of amides is 2. The van der Waals surface area contributed by atoms with Crippen LogP contribution < -0.4 is 15.4 Å². The standard InChI is InChI=1S/C21H21ClN2O4.C7H7Cl/c1-12-2-5-17(28-9-8-25)14(10-12)19-21(7-6-18(26)24-19)15-4-3-13(22)11-16(15)23-20(21)27;1-6-3-2-4-7(8)5-6/h2-5,10-11,19,25H,6-9H2,1H3,(H,23,27)(H,24,26);2-5H,1H3/t19-,21-;/m1./s1. The van der Waals surface area contributed by atoms with Crippen LogP contribution >= 0.6 is 23.2 Å². The van der Waals surface area contributed by atoms with Gasteiger partial charge in [0, 0.05) is 27.7 Å². The van der Waals surface area contributed by atoms with Crippen molar-refractivity contribution in [1.82, 2.24) is 5.32 Å². The van der Waals surface area contributed by atoms with Crippen molar-refractivity contribution >= 4 is 40.7 Å². The first-order chi connectivity index (χ1) is 17.2. The van der Waals surface area contributed by atoms with Crippen molar-refractivity contribution in [3.8, 4) is 5.75 Å². The molecule has 1 spiro atoms. The van der Waals surface area contributed by atoms with Crippen molar-refractivity contribution in [2.75, 3.05) is 18.5 Å². The van der Waals surface area contributed by atoms with E-state index >= 15 is 0 Å². The Bertz CT molecular complexity index is 1280. The van der Waals surface area contributed by atoms with E-state index in [9.17, 15) is 9.59 Å². The van der Waals surface area contributed by atoms with Crippen LogP contribution in [0.15, 0.2) is 60.7 Å². The Balaban J connectivity index is 0.000000325. The summed E-state index contributed by atoms with van der Waals surface area (Å²) in [5.41, 5.74) is 3.46. The zero-order valence-corrected chi connectivity index (χ0v) is 21.6. The molecular formula is C28H28Cl2N2O4. The highest BCUT2D eigenvalue weighted by molar-refractivity contribution is 6.31. The normalized spacial score (nSPS) is 20.2. The molecule has 8 heteroatoms. The molecule has 3 aromatic carbocycles. The molecule has 2 aliphatic rings. The Labute approximate surface area is 220 Å². The van der Waals surface area contributed by atoms with Crippen molar-refractivity contribution in [2.24, 2.45) is 0 Å². The summed E-state index contributed by atoms with van der Waals surface area (Å²) in [4.78, 5) is 25.6. The molecule has 0 aromatic heterocycles. The minimum atomic E-state index is -0.945. The molecule has 0 bridgehead atoms. The van der Waals surface area contributed by atoms with Crippen LogP contribution in [0.2, 0.25) is 10.0 Å². The highest BCUT2D eigenvalue weighted by Crippen LogP contribution is 2.52. The smallest absolute Gasteiger partial charge is 0.237 e. The Kier molecular flexibility index (Phi) is 7.88. The molecule has 5 rings (SSSR count). The summed E-state index contributed by atoms with van der Waals surface area (Å²) in [5, 5.41) is 16.5. The summed E-state index contributed by atoms with van der Waals surface area (Å²) in [5.74, 6) is 0.270. The number of rotatable bonds is 4. The van der Waals surface area contributed by atoms with Gasteiger partial charge in [-0.2, -0.15) is 0 Å². The summed E-state index contributed by atoms with van der Waals surface area (Å²) < 4.78 is 5.72. The zero-order valence-electron chi connectivity index (χ0n) is 20.1. The number of piperidine rings is 1. The Morgan fingerprint density at radius 3 is 2.44 bits per heavy atom. The number of carbonyl (C=O) groups excluding carboxylic acids is 2. The number of hydrogen-bond acceptors (Lipinski definition) is 4. The monoisotopic (exact) mass is 526 g/mol. The van der Waals surface area contributed by atoms with Gasteiger partial charge in [0.15, 0.2) is 0 Å². The van der Waals surface area contributed by atoms with Gasteiger partial charge < -0.3 is 20.5 Å². The number of aliphatic hydroxyl groups excluding tert-OH is 1. The fourth-order valence-corrected chi connectivity index (χ4v) is 5.26. The third-order valence-electron chi connectivity index (χ3n) is 6.47. The molecule has 2 aliphatic heterocycles. The topological polar surface area (TPSA) is 87.7 Å². The van der Waals surface area contributed by atoms with Gasteiger partial charge in [-0.15, -0.1) is 0 Å². The predicted molar refractivity (Wildman–Crippen MR) is 142 cm³/mol. The van der Waals surface area contributed by atoms with Gasteiger partial charge in [-0.05, 0) is 61.7 Å². The third kappa shape index (κ3) is 5.21. The molecule has 6 nitrogen and oxygen atoms in total. The van der Waals surface area contributed by atoms with Crippen LogP contribution in [0.25, 0.3) is 0 Å². The molecule has 0 saturated carbocycles. The number of aliphatic hydroxyl groups is 1. The molecule has 3 aromatic rings. The number of anilines is 1. The average Bonchev–Trinajstić information content (AvgIpc) is 3.10. The van der Waals surface area contributed by atoms with Crippen molar-refractivity contribution < 1.29 is 19.4 Å². The third-order valence-corrected chi connectivity index (χ3v) is 6.94. The van der Waals surface area contributed by atoms with Crippen LogP contribution in [0.3, 0.4) is 0 Å². The molecule has 188 valence electrons. The van der Waals surface area contributed by atoms with Gasteiger partial charge in [0.1, 0.15) is 17.8 Å². The molecule has 36 heavy (non-hydrogen) atoms. The molecular weight excluding hydrogens is 499 g/mol. The van der Waals surface area contributed by atoms with Gasteiger partial charge in [-0.1, -0.05) is 59.1 Å². The molecule has 1 fully saturated rings. The SMILES string of the molecule is Cc1ccc(OCCO)c([C@H]2NC(=O)CC[C@]23C(=O)Nc2cc(Cl)ccc23)c1.Cc1cccc(Cl)c1. The van der Waals surface area contributed by atoms with E-state index in [0.29, 0.717) is 22.9 Å². The van der Waals surface area contributed by atoms with E-state index in [2.05, 4.69) is 10.6 Å². The summed E-state index contributed by atoms with van der Waals surface area (Å²) in [6.07, 6.45) is 0.641. The minimum Gasteiger partial charge on any atom is -0.491 e. The highest BCUT2D eigenvalue weighted by atomic mass is 35.5. The van der Waals surface area contributed by atoms with E-state index in [1.54, 1.807) is 12.1 Å². The first-order valence-corrected chi connectivity index (χ1v) is 12.5. The van der Waals surface area contributed by atoms with Crippen molar-refractivity contribution in [3.63, 3.8) is 0 Å². The maximum Gasteiger partial charge on any atom is 0.237 e. The van der Waals surface area contributed by atoms with Crippen LogP contribution in [0, 0.1) is 13.8 Å². The van der Waals surface area contributed by atoms with E-state index in [1.807, 2.05) is 62.4 Å². The number of benzene rings is 3. The number of fused-ring (bicyclic) bond motifs is 2. The molecule has 0 radical (unpaired) electrons. The highest BCUT2D eigenvalue weighted by Gasteiger charge is 2.56. The number of carbonyl (C=O) groups is 2. The Morgan fingerprint density at radius 1 is 1.00 bits per heavy atom. The van der Waals surface area contributed by atoms with Gasteiger partial charge in [0.2, 0.25) is 11.8 Å². The van der Waals surface area contributed by atoms with Crippen LogP contribution in [-0.4, -0.2) is 30.1 Å². The first kappa shape index (κ1) is 26.0. The van der Waals surface area contributed by atoms with Crippen molar-refractivity contribution in [2.45, 2.75) is 38.1 Å². The van der Waals surface area contributed by atoms with Crippen LogP contribution in [0.5, 0.6) is 5.75 Å². The van der Waals surface area contributed by atoms with Gasteiger partial charge in [-0.3, -0.25) is 9.59 Å². The number of ether oxygens (including phenoxy) is 1. The summed E-state index contributed by atoms with van der Waals surface area (Å²) in [6.45, 7) is 3.96. The molecule has 2 heterocycles. The quantitative estimate of drug-likeness (QED) is 0.418. The summed E-state index contributed by atoms with van der Waals surface area (Å²) >= 11 is 11.8. The second-order valence-corrected chi connectivity index (χ2v) is 9.90. The molecule has 0 unspecified atom stereocenters. The van der Waals surface area contributed by atoms with E-state index in [4.69, 9.17) is 33.0 Å². The molecule has 1 saturated heterocycles. The van der Waals surface area contributed by atoms with Gasteiger partial charge >= 0.3 is 0 Å². The van der Waals surface area contributed by atoms with E-state index in [-0.39, 0.29) is 31.4 Å². The van der Waals surface area contributed by atoms with Crippen LogP contribution in [0.1, 0.15) is 41.1 Å². The lowest BCUT2D eigenvalue weighted by Gasteiger charge is -2.41. The first-order valence-electron chi connectivity index (χ1n) is 11.7. The van der Waals surface area contributed by atoms with Crippen molar-refractivity contribution in [1.29, 1.82) is 0 Å². The Morgan fingerprint density at radius 2 is 1.75 bits per heavy atom. The summed E-state index contributed by atoms with van der Waals surface area (Å²) in [7, 11) is 0. The largest absolute Gasteiger partial charge is 0.491 e. The van der Waals surface area contributed by atoms with Gasteiger partial charge in [0.25, 0.3) is 0 Å². The van der Waals surface area contributed by atoms with Crippen LogP contribution in [-0.2, 0) is 15.0 Å². The van der Waals surface area contributed by atoms with E-state index < -0.39 is 11.5 Å². The molecule has 0 aliphatic carbocycles. The van der Waals surface area contributed by atoms with Crippen molar-refractivity contribution in [3.05, 3.63) is 93.0 Å². The lowest BCUT2D eigenvalue weighted by molar-refractivity contribution is -0.130. The predicted octanol–water partition coefficient (Wildman–Crippen LogP) is 5.51. The number of nitrogens with one attached hydrogen (secondary N) is 2. The molecule has 2 atom stereocenters. The van der Waals surface area contributed by atoms with Gasteiger partial charge in [0.05, 0.1) is 12.6 Å². The number of hydrogen-bond donors (Lipinski definition) is 3. The molecule has 2 amide bonds. The van der Waals surface area contributed by atoms with Crippen LogP contribution in [0.4, 0.5) is 5.69 Å². The Hall–Kier alpha value is -3.06. The minimum absolute atomic E-state index is 0.111. The fourth-order valence-electron chi connectivity index (χ4n) is 4.84. The summed E-state index contributed by atoms with van der Waals surface area (Å²) in [6, 6.07) is 18.1. The second-order valence-electron chi connectivity index (χ2n) is 9.03. The molecule has 3 N–H and O–H groups in total. The maximum absolute atomic E-state index is 13.2. The van der Waals surface area contributed by atoms with E-state index in [0.717, 1.165) is 21.7 Å². The van der Waals surface area contributed by atoms with Gasteiger partial charge in [-0.25, -0.2) is 0 Å². The lowest BCUT2D eigenvalue weighted by atomic mass is 9.67. The lowest BCUT2D eigenvalue weighted by Crippen LogP contribution is -2.52. The fraction of sp³-hybridized carbons (Fsp3) is 0.286. The maximum atomic E-state index is 13.2. The second kappa shape index (κ2) is 10.9.